The molecule has 1 saturated heterocycles. The second kappa shape index (κ2) is 13.8. The molecule has 3 aromatic carbocycles. The molecule has 0 spiro atoms. The van der Waals surface area contributed by atoms with Crippen LogP contribution in [-0.4, -0.2) is 55.8 Å². The lowest BCUT2D eigenvalue weighted by Gasteiger charge is -2.33. The van der Waals surface area contributed by atoms with Crippen LogP contribution in [0.15, 0.2) is 72.8 Å². The molecule has 0 unspecified atom stereocenters. The number of nitrogens with zero attached hydrogens (tertiary/aromatic N) is 2. The van der Waals surface area contributed by atoms with Gasteiger partial charge < -0.3 is 19.9 Å². The number of piperidine rings is 1. The van der Waals surface area contributed by atoms with E-state index in [4.69, 9.17) is 4.74 Å². The summed E-state index contributed by atoms with van der Waals surface area (Å²) in [5, 5.41) is 2.85. The van der Waals surface area contributed by atoms with Gasteiger partial charge in [0.15, 0.2) is 5.78 Å². The molecule has 1 aliphatic rings. The third kappa shape index (κ3) is 7.33. The number of ketones is 1. The van der Waals surface area contributed by atoms with Crippen molar-refractivity contribution in [3.63, 3.8) is 0 Å². The van der Waals surface area contributed by atoms with E-state index >= 15 is 0 Å². The zero-order valence-corrected chi connectivity index (χ0v) is 23.1. The van der Waals surface area contributed by atoms with E-state index in [-0.39, 0.29) is 29.3 Å². The number of Topliss-reactive ketones (excluding diaryl/α,β-unsaturated/α-hetero) is 1. The first kappa shape index (κ1) is 29.0. The number of carbonyl (C=O) groups excluding carboxylic acids is 3. The third-order valence-corrected chi connectivity index (χ3v) is 7.24. The maximum atomic E-state index is 13.7. The van der Waals surface area contributed by atoms with Crippen molar-refractivity contribution in [2.45, 2.75) is 32.6 Å². The van der Waals surface area contributed by atoms with Crippen LogP contribution < -0.4 is 15.0 Å². The highest BCUT2D eigenvalue weighted by Gasteiger charge is 2.27. The van der Waals surface area contributed by atoms with Crippen molar-refractivity contribution in [3.8, 4) is 5.75 Å². The number of benzene rings is 3. The number of halogens is 1. The van der Waals surface area contributed by atoms with E-state index in [0.29, 0.717) is 60.6 Å². The summed E-state index contributed by atoms with van der Waals surface area (Å²) in [5.41, 5.74) is 2.38. The lowest BCUT2D eigenvalue weighted by molar-refractivity contribution is -0.116. The minimum Gasteiger partial charge on any atom is -0.495 e. The fraction of sp³-hybridized carbons (Fsp3) is 0.344. The van der Waals surface area contributed by atoms with Crippen molar-refractivity contribution in [2.75, 3.05) is 43.5 Å². The van der Waals surface area contributed by atoms with Gasteiger partial charge in [-0.2, -0.15) is 0 Å². The fourth-order valence-electron chi connectivity index (χ4n) is 5.00. The van der Waals surface area contributed by atoms with E-state index in [1.54, 1.807) is 48.4 Å². The molecular formula is C32H36FN3O4. The molecule has 1 N–H and O–H groups in total. The zero-order chi connectivity index (χ0) is 28.5. The van der Waals surface area contributed by atoms with Gasteiger partial charge in [0.2, 0.25) is 5.91 Å². The number of carbonyl (C=O) groups is 3. The molecule has 0 bridgehead atoms. The number of rotatable bonds is 11. The summed E-state index contributed by atoms with van der Waals surface area (Å²) in [7, 11) is 1.58. The number of amides is 2. The molecule has 7 nitrogen and oxygen atoms in total. The number of ether oxygens (including phenoxy) is 1. The Morgan fingerprint density at radius 1 is 0.950 bits per heavy atom. The smallest absolute Gasteiger partial charge is 0.258 e. The van der Waals surface area contributed by atoms with E-state index in [0.717, 1.165) is 19.5 Å². The highest BCUT2D eigenvalue weighted by atomic mass is 19.1. The van der Waals surface area contributed by atoms with Crippen molar-refractivity contribution in [1.29, 1.82) is 0 Å². The van der Waals surface area contributed by atoms with Crippen LogP contribution in [0, 0.1) is 11.7 Å². The van der Waals surface area contributed by atoms with Crippen LogP contribution >= 0.6 is 0 Å². The van der Waals surface area contributed by atoms with Crippen molar-refractivity contribution >= 4 is 29.0 Å². The molecule has 210 valence electrons. The Balaban J connectivity index is 1.42. The van der Waals surface area contributed by atoms with Crippen molar-refractivity contribution in [2.24, 2.45) is 5.92 Å². The summed E-state index contributed by atoms with van der Waals surface area (Å²) in [6, 6.07) is 20.1. The number of hydrogen-bond donors (Lipinski definition) is 1. The third-order valence-electron chi connectivity index (χ3n) is 7.24. The van der Waals surface area contributed by atoms with Gasteiger partial charge in [0.25, 0.3) is 5.91 Å². The van der Waals surface area contributed by atoms with Gasteiger partial charge in [-0.15, -0.1) is 0 Å². The molecule has 1 fully saturated rings. The first-order valence-electron chi connectivity index (χ1n) is 13.8. The van der Waals surface area contributed by atoms with Gasteiger partial charge in [-0.3, -0.25) is 14.4 Å². The summed E-state index contributed by atoms with van der Waals surface area (Å²) in [4.78, 5) is 42.5. The van der Waals surface area contributed by atoms with Gasteiger partial charge in [0, 0.05) is 42.2 Å². The quantitative estimate of drug-likeness (QED) is 0.308. The predicted molar refractivity (Wildman–Crippen MR) is 155 cm³/mol. The summed E-state index contributed by atoms with van der Waals surface area (Å²) in [6.07, 6.45) is 2.63. The van der Waals surface area contributed by atoms with Crippen LogP contribution in [0.2, 0.25) is 0 Å². The number of likely N-dealkylation sites (tertiary alicyclic amines) is 1. The lowest BCUT2D eigenvalue weighted by Crippen LogP contribution is -2.43. The molecule has 2 amide bonds. The molecule has 8 heteroatoms. The van der Waals surface area contributed by atoms with Crippen LogP contribution in [0.4, 0.5) is 15.8 Å². The highest BCUT2D eigenvalue weighted by Crippen LogP contribution is 2.30. The monoisotopic (exact) mass is 545 g/mol. The topological polar surface area (TPSA) is 79.0 Å². The Kier molecular flexibility index (Phi) is 10.0. The number of anilines is 2. The summed E-state index contributed by atoms with van der Waals surface area (Å²) in [5.74, 6) is -0.0134. The van der Waals surface area contributed by atoms with Gasteiger partial charge >= 0.3 is 0 Å². The zero-order valence-electron chi connectivity index (χ0n) is 23.1. The Labute approximate surface area is 234 Å². The second-order valence-corrected chi connectivity index (χ2v) is 9.99. The van der Waals surface area contributed by atoms with E-state index in [2.05, 4.69) is 10.2 Å². The second-order valence-electron chi connectivity index (χ2n) is 9.99. The average molecular weight is 546 g/mol. The van der Waals surface area contributed by atoms with Crippen molar-refractivity contribution in [1.82, 2.24) is 4.90 Å². The number of hydrogen-bond acceptors (Lipinski definition) is 5. The van der Waals surface area contributed by atoms with Crippen LogP contribution in [-0.2, 0) is 4.79 Å². The molecule has 0 aliphatic carbocycles. The van der Waals surface area contributed by atoms with E-state index in [9.17, 15) is 18.8 Å². The van der Waals surface area contributed by atoms with Crippen LogP contribution in [0.1, 0.15) is 53.3 Å². The van der Waals surface area contributed by atoms with Crippen LogP contribution in [0.3, 0.4) is 0 Å². The minimum absolute atomic E-state index is 0.0552. The summed E-state index contributed by atoms with van der Waals surface area (Å²) in [6.45, 7) is 4.48. The Bertz CT molecular complexity index is 1300. The average Bonchev–Trinajstić information content (AvgIpc) is 2.98. The van der Waals surface area contributed by atoms with E-state index in [1.165, 1.54) is 12.1 Å². The maximum absolute atomic E-state index is 13.7. The molecule has 0 radical (unpaired) electrons. The largest absolute Gasteiger partial charge is 0.495 e. The lowest BCUT2D eigenvalue weighted by atomic mass is 9.89. The first-order valence-corrected chi connectivity index (χ1v) is 13.8. The summed E-state index contributed by atoms with van der Waals surface area (Å²) >= 11 is 0. The summed E-state index contributed by atoms with van der Waals surface area (Å²) < 4.78 is 18.8. The molecule has 0 atom stereocenters. The van der Waals surface area contributed by atoms with Gasteiger partial charge in [0.05, 0.1) is 12.8 Å². The maximum Gasteiger partial charge on any atom is 0.258 e. The normalized spacial score (nSPS) is 14.0. The first-order chi connectivity index (χ1) is 19.4. The van der Waals surface area contributed by atoms with Gasteiger partial charge in [-0.1, -0.05) is 19.1 Å². The van der Waals surface area contributed by atoms with Gasteiger partial charge in [-0.25, -0.2) is 4.39 Å². The molecule has 3 aromatic rings. The minimum atomic E-state index is -0.352. The van der Waals surface area contributed by atoms with E-state index in [1.807, 2.05) is 31.2 Å². The number of para-hydroxylation sites is 2. The Hall–Kier alpha value is -4.04. The molecule has 0 aromatic heterocycles. The fourth-order valence-corrected chi connectivity index (χ4v) is 5.00. The van der Waals surface area contributed by atoms with Gasteiger partial charge in [-0.05, 0) is 93.0 Å². The molecular weight excluding hydrogens is 509 g/mol. The molecule has 1 heterocycles. The Morgan fingerprint density at radius 2 is 1.60 bits per heavy atom. The Morgan fingerprint density at radius 3 is 2.25 bits per heavy atom. The standard InChI is InChI=1S/C32H36FN3O4/c1-3-6-30(37)34-27-15-11-25(12-16-27)32(39)36(28-7-4-5-8-29(28)40-2)22-21-35-19-17-24(18-20-35)31(38)23-9-13-26(33)14-10-23/h4-5,7-16,24H,3,6,17-22H2,1-2H3,(H,34,37). The SMILES string of the molecule is CCCC(=O)Nc1ccc(C(=O)N(CCN2CCC(C(=O)c3ccc(F)cc3)CC2)c2ccccc2OC)cc1. The van der Waals surface area contributed by atoms with E-state index < -0.39 is 0 Å². The van der Waals surface area contributed by atoms with Gasteiger partial charge in [0.1, 0.15) is 11.6 Å². The number of methoxy groups -OCH3 is 1. The molecule has 1 aliphatic heterocycles. The van der Waals surface area contributed by atoms with Crippen molar-refractivity contribution < 1.29 is 23.5 Å². The molecule has 4 rings (SSSR count). The van der Waals surface area contributed by atoms with Crippen molar-refractivity contribution in [3.05, 3.63) is 89.7 Å². The molecule has 0 saturated carbocycles. The highest BCUT2D eigenvalue weighted by molar-refractivity contribution is 6.07. The molecule has 40 heavy (non-hydrogen) atoms. The predicted octanol–water partition coefficient (Wildman–Crippen LogP) is 5.81. The van der Waals surface area contributed by atoms with Crippen LogP contribution in [0.25, 0.3) is 0 Å². The van der Waals surface area contributed by atoms with Crippen LogP contribution in [0.5, 0.6) is 5.75 Å². The number of nitrogens with one attached hydrogen (secondary N) is 1.